The summed E-state index contributed by atoms with van der Waals surface area (Å²) in [5.41, 5.74) is 0. The smallest absolute Gasteiger partial charge is 0.317 e. The quantitative estimate of drug-likeness (QED) is 0.863. The van der Waals surface area contributed by atoms with Crippen molar-refractivity contribution in [2.75, 3.05) is 13.1 Å². The summed E-state index contributed by atoms with van der Waals surface area (Å²) < 4.78 is 0. The number of urea groups is 1. The Morgan fingerprint density at radius 1 is 1.10 bits per heavy atom. The first kappa shape index (κ1) is 14.7. The van der Waals surface area contributed by atoms with Crippen molar-refractivity contribution >= 4 is 11.9 Å². The van der Waals surface area contributed by atoms with Gasteiger partial charge in [0.15, 0.2) is 0 Å². The van der Waals surface area contributed by atoms with E-state index in [1.54, 1.807) is 6.92 Å². The number of nitrogens with zero attached hydrogens (tertiary/aromatic N) is 2. The maximum atomic E-state index is 12.5. The maximum Gasteiger partial charge on any atom is 0.317 e. The summed E-state index contributed by atoms with van der Waals surface area (Å²) >= 11 is 0. The molecule has 118 valence electrons. The molecule has 1 atom stereocenters. The Morgan fingerprint density at radius 3 is 2.43 bits per heavy atom. The Bertz CT molecular complexity index is 402. The van der Waals surface area contributed by atoms with Gasteiger partial charge in [-0.3, -0.25) is 4.79 Å². The van der Waals surface area contributed by atoms with Crippen molar-refractivity contribution in [2.24, 2.45) is 0 Å². The van der Waals surface area contributed by atoms with Gasteiger partial charge in [-0.1, -0.05) is 12.8 Å². The predicted octanol–water partition coefficient (Wildman–Crippen LogP) is 2.11. The van der Waals surface area contributed by atoms with Crippen LogP contribution >= 0.6 is 0 Å². The van der Waals surface area contributed by atoms with Crippen LogP contribution in [0.4, 0.5) is 4.79 Å². The van der Waals surface area contributed by atoms with Crippen LogP contribution < -0.4 is 5.32 Å². The predicted molar refractivity (Wildman–Crippen MR) is 80.9 cm³/mol. The first-order valence-electron chi connectivity index (χ1n) is 8.49. The van der Waals surface area contributed by atoms with Gasteiger partial charge in [0, 0.05) is 32.1 Å². The van der Waals surface area contributed by atoms with E-state index in [2.05, 4.69) is 5.32 Å². The molecule has 21 heavy (non-hydrogen) atoms. The summed E-state index contributed by atoms with van der Waals surface area (Å²) in [6, 6.07) is 1.09. The minimum atomic E-state index is 0.0868. The van der Waals surface area contributed by atoms with Gasteiger partial charge in [-0.15, -0.1) is 0 Å². The van der Waals surface area contributed by atoms with Crippen LogP contribution in [-0.4, -0.2) is 53.0 Å². The van der Waals surface area contributed by atoms with Crippen molar-refractivity contribution in [3.05, 3.63) is 0 Å². The van der Waals surface area contributed by atoms with Crippen LogP contribution in [0.25, 0.3) is 0 Å². The standard InChI is InChI=1S/C16H27N3O2/c1-12(20)19(14-8-9-14)11-15-7-4-10-18(15)16(21)17-13-5-2-3-6-13/h13-15H,2-11H2,1H3,(H,17,21)/t15-/m0/s1. The third-order valence-electron chi connectivity index (χ3n) is 5.12. The molecule has 1 aliphatic heterocycles. The lowest BCUT2D eigenvalue weighted by atomic mass is 10.2. The number of rotatable bonds is 4. The molecule has 0 spiro atoms. The zero-order chi connectivity index (χ0) is 14.8. The zero-order valence-electron chi connectivity index (χ0n) is 13.0. The Morgan fingerprint density at radius 2 is 1.81 bits per heavy atom. The number of carbonyl (C=O) groups is 2. The van der Waals surface area contributed by atoms with Crippen molar-refractivity contribution in [2.45, 2.75) is 76.4 Å². The van der Waals surface area contributed by atoms with E-state index in [-0.39, 0.29) is 18.0 Å². The summed E-state index contributed by atoms with van der Waals surface area (Å²) in [6.45, 7) is 3.20. The van der Waals surface area contributed by atoms with Gasteiger partial charge in [-0.25, -0.2) is 4.79 Å². The molecular formula is C16H27N3O2. The first-order valence-corrected chi connectivity index (χ1v) is 8.49. The summed E-state index contributed by atoms with van der Waals surface area (Å²) in [5.74, 6) is 0.153. The first-order chi connectivity index (χ1) is 10.1. The molecule has 3 fully saturated rings. The molecule has 0 bridgehead atoms. The number of carbonyl (C=O) groups excluding carboxylic acids is 2. The van der Waals surface area contributed by atoms with Gasteiger partial charge in [-0.2, -0.15) is 0 Å². The van der Waals surface area contributed by atoms with Gasteiger partial charge in [0.2, 0.25) is 5.91 Å². The minimum absolute atomic E-state index is 0.0868. The van der Waals surface area contributed by atoms with Crippen molar-refractivity contribution in [3.63, 3.8) is 0 Å². The highest BCUT2D eigenvalue weighted by Crippen LogP contribution is 2.29. The molecule has 0 aromatic heterocycles. The second kappa shape index (κ2) is 6.24. The summed E-state index contributed by atoms with van der Waals surface area (Å²) in [6.07, 6.45) is 9.02. The van der Waals surface area contributed by atoms with Crippen molar-refractivity contribution in [1.82, 2.24) is 15.1 Å². The molecule has 3 aliphatic rings. The second-order valence-electron chi connectivity index (χ2n) is 6.82. The molecule has 1 N–H and O–H groups in total. The van der Waals surface area contributed by atoms with Crippen LogP contribution in [0.15, 0.2) is 0 Å². The van der Waals surface area contributed by atoms with E-state index in [4.69, 9.17) is 0 Å². The largest absolute Gasteiger partial charge is 0.338 e. The Hall–Kier alpha value is -1.26. The summed E-state index contributed by atoms with van der Waals surface area (Å²) in [4.78, 5) is 28.2. The van der Waals surface area contributed by atoms with Gasteiger partial charge in [0.25, 0.3) is 0 Å². The van der Waals surface area contributed by atoms with E-state index in [0.29, 0.717) is 12.1 Å². The number of hydrogen-bond acceptors (Lipinski definition) is 2. The molecule has 0 radical (unpaired) electrons. The molecular weight excluding hydrogens is 266 g/mol. The Labute approximate surface area is 127 Å². The fourth-order valence-corrected chi connectivity index (χ4v) is 3.77. The average Bonchev–Trinajstić information content (AvgIpc) is 2.97. The van der Waals surface area contributed by atoms with E-state index >= 15 is 0 Å². The average molecular weight is 293 g/mol. The minimum Gasteiger partial charge on any atom is -0.338 e. The van der Waals surface area contributed by atoms with Gasteiger partial charge in [0.05, 0.1) is 6.04 Å². The molecule has 5 nitrogen and oxygen atoms in total. The van der Waals surface area contributed by atoms with Gasteiger partial charge in [-0.05, 0) is 38.5 Å². The Balaban J connectivity index is 1.56. The summed E-state index contributed by atoms with van der Waals surface area (Å²) in [5, 5.41) is 3.18. The number of amides is 3. The summed E-state index contributed by atoms with van der Waals surface area (Å²) in [7, 11) is 0. The molecule has 1 saturated heterocycles. The van der Waals surface area contributed by atoms with Crippen LogP contribution in [0.5, 0.6) is 0 Å². The van der Waals surface area contributed by atoms with E-state index in [1.807, 2.05) is 9.80 Å². The fraction of sp³-hybridized carbons (Fsp3) is 0.875. The Kier molecular flexibility index (Phi) is 4.36. The number of nitrogens with one attached hydrogen (secondary N) is 1. The SMILES string of the molecule is CC(=O)N(C[C@@H]1CCCN1C(=O)NC1CCCC1)C1CC1. The third-order valence-corrected chi connectivity index (χ3v) is 5.12. The van der Waals surface area contributed by atoms with Crippen molar-refractivity contribution in [1.29, 1.82) is 0 Å². The topological polar surface area (TPSA) is 52.7 Å². The molecule has 2 aliphatic carbocycles. The molecule has 3 amide bonds. The van der Waals surface area contributed by atoms with Gasteiger partial charge in [0.1, 0.15) is 0 Å². The lowest BCUT2D eigenvalue weighted by Crippen LogP contribution is -2.50. The van der Waals surface area contributed by atoms with Gasteiger partial charge >= 0.3 is 6.03 Å². The van der Waals surface area contributed by atoms with Crippen LogP contribution in [0.2, 0.25) is 0 Å². The van der Waals surface area contributed by atoms with Crippen LogP contribution in [0, 0.1) is 0 Å². The van der Waals surface area contributed by atoms with Crippen LogP contribution in [0.1, 0.15) is 58.3 Å². The molecule has 3 rings (SSSR count). The molecule has 0 unspecified atom stereocenters. The van der Waals surface area contributed by atoms with E-state index in [0.717, 1.165) is 51.6 Å². The molecule has 1 heterocycles. The fourth-order valence-electron chi connectivity index (χ4n) is 3.77. The van der Waals surface area contributed by atoms with Gasteiger partial charge < -0.3 is 15.1 Å². The van der Waals surface area contributed by atoms with E-state index in [9.17, 15) is 9.59 Å². The van der Waals surface area contributed by atoms with Crippen molar-refractivity contribution < 1.29 is 9.59 Å². The van der Waals surface area contributed by atoms with Crippen LogP contribution in [-0.2, 0) is 4.79 Å². The highest BCUT2D eigenvalue weighted by Gasteiger charge is 2.37. The normalized spacial score (nSPS) is 26.1. The molecule has 0 aromatic carbocycles. The zero-order valence-corrected chi connectivity index (χ0v) is 13.0. The lowest BCUT2D eigenvalue weighted by Gasteiger charge is -2.31. The number of hydrogen-bond donors (Lipinski definition) is 1. The van der Waals surface area contributed by atoms with E-state index < -0.39 is 0 Å². The second-order valence-corrected chi connectivity index (χ2v) is 6.82. The highest BCUT2D eigenvalue weighted by molar-refractivity contribution is 5.76. The maximum absolute atomic E-state index is 12.5. The highest BCUT2D eigenvalue weighted by atomic mass is 16.2. The molecule has 0 aromatic rings. The molecule has 5 heteroatoms. The third kappa shape index (κ3) is 3.50. The van der Waals surface area contributed by atoms with Crippen molar-refractivity contribution in [3.8, 4) is 0 Å². The van der Waals surface area contributed by atoms with Crippen LogP contribution in [0.3, 0.4) is 0 Å². The lowest BCUT2D eigenvalue weighted by molar-refractivity contribution is -0.130. The number of likely N-dealkylation sites (tertiary alicyclic amines) is 1. The monoisotopic (exact) mass is 293 g/mol. The van der Waals surface area contributed by atoms with E-state index in [1.165, 1.54) is 12.8 Å². The molecule has 2 saturated carbocycles.